The summed E-state index contributed by atoms with van der Waals surface area (Å²) in [4.78, 5) is 15.7. The second-order valence-electron chi connectivity index (χ2n) is 2.45. The topological polar surface area (TPSA) is 67.6 Å². The molecule has 1 amide bonds. The fourth-order valence-corrected chi connectivity index (χ4v) is 1.15. The number of primary amides is 1. The third-order valence-electron chi connectivity index (χ3n) is 1.76. The Hall–Kier alpha value is -0.650. The van der Waals surface area contributed by atoms with Gasteiger partial charge in [0.1, 0.15) is 6.04 Å². The van der Waals surface area contributed by atoms with Crippen LogP contribution in [0.4, 0.5) is 0 Å². The molecule has 0 aromatic carbocycles. The van der Waals surface area contributed by atoms with Crippen molar-refractivity contribution in [1.82, 2.24) is 10.4 Å². The monoisotopic (exact) mass is 159 g/mol. The molecule has 11 heavy (non-hydrogen) atoms. The van der Waals surface area contributed by atoms with E-state index in [-0.39, 0.29) is 11.9 Å². The van der Waals surface area contributed by atoms with Crippen LogP contribution in [0.1, 0.15) is 0 Å². The molecular weight excluding hydrogens is 146 g/mol. The quantitative estimate of drug-likeness (QED) is 0.504. The molecule has 64 valence electrons. The zero-order chi connectivity index (χ0) is 8.27. The fourth-order valence-electron chi connectivity index (χ4n) is 1.15. The van der Waals surface area contributed by atoms with Crippen molar-refractivity contribution >= 4 is 5.91 Å². The second kappa shape index (κ2) is 3.66. The summed E-state index contributed by atoms with van der Waals surface area (Å²) < 4.78 is 0. The van der Waals surface area contributed by atoms with Crippen LogP contribution in [-0.4, -0.2) is 43.8 Å². The molecular formula is C6H13N3O2. The SMILES string of the molecule is CON1CCNCC1C(N)=O. The molecule has 0 radical (unpaired) electrons. The van der Waals surface area contributed by atoms with Crippen LogP contribution in [0.5, 0.6) is 0 Å². The molecule has 5 nitrogen and oxygen atoms in total. The van der Waals surface area contributed by atoms with Crippen molar-refractivity contribution in [1.29, 1.82) is 0 Å². The predicted octanol–water partition coefficient (Wildman–Crippen LogP) is -1.69. The molecule has 3 N–H and O–H groups in total. The average molecular weight is 159 g/mol. The highest BCUT2D eigenvalue weighted by Gasteiger charge is 2.26. The van der Waals surface area contributed by atoms with Crippen molar-refractivity contribution in [2.75, 3.05) is 26.7 Å². The van der Waals surface area contributed by atoms with Crippen molar-refractivity contribution in [2.24, 2.45) is 5.73 Å². The van der Waals surface area contributed by atoms with Crippen molar-refractivity contribution in [3.63, 3.8) is 0 Å². The molecule has 0 spiro atoms. The molecule has 1 aliphatic rings. The van der Waals surface area contributed by atoms with E-state index < -0.39 is 0 Å². The number of carbonyl (C=O) groups is 1. The van der Waals surface area contributed by atoms with E-state index in [4.69, 9.17) is 10.6 Å². The summed E-state index contributed by atoms with van der Waals surface area (Å²) in [5.74, 6) is -0.348. The summed E-state index contributed by atoms with van der Waals surface area (Å²) in [6.45, 7) is 2.10. The van der Waals surface area contributed by atoms with E-state index in [0.29, 0.717) is 13.1 Å². The Kier molecular flexibility index (Phi) is 2.81. The van der Waals surface area contributed by atoms with E-state index in [0.717, 1.165) is 6.54 Å². The Morgan fingerprint density at radius 3 is 3.00 bits per heavy atom. The number of hydrogen-bond donors (Lipinski definition) is 2. The molecule has 0 saturated carbocycles. The Bertz CT molecular complexity index is 151. The van der Waals surface area contributed by atoms with Gasteiger partial charge in [-0.25, -0.2) is 0 Å². The van der Waals surface area contributed by atoms with Gasteiger partial charge in [-0.1, -0.05) is 0 Å². The Labute approximate surface area is 65.4 Å². The number of nitrogens with two attached hydrogens (primary N) is 1. The summed E-state index contributed by atoms with van der Waals surface area (Å²) in [6.07, 6.45) is 0. The summed E-state index contributed by atoms with van der Waals surface area (Å²) in [5.41, 5.74) is 5.13. The third kappa shape index (κ3) is 1.89. The second-order valence-corrected chi connectivity index (χ2v) is 2.45. The third-order valence-corrected chi connectivity index (χ3v) is 1.76. The van der Waals surface area contributed by atoms with E-state index in [1.54, 1.807) is 12.2 Å². The maximum Gasteiger partial charge on any atom is 0.238 e. The number of hydrogen-bond acceptors (Lipinski definition) is 4. The standard InChI is InChI=1S/C6H13N3O2/c1-11-9-3-2-8-4-5(9)6(7)10/h5,8H,2-4H2,1H3,(H2,7,10). The van der Waals surface area contributed by atoms with Gasteiger partial charge in [-0.15, -0.1) is 0 Å². The number of amides is 1. The number of nitrogens with zero attached hydrogens (tertiary/aromatic N) is 1. The number of hydroxylamine groups is 2. The van der Waals surface area contributed by atoms with Gasteiger partial charge in [0.25, 0.3) is 0 Å². The highest BCUT2D eigenvalue weighted by atomic mass is 16.7. The van der Waals surface area contributed by atoms with Crippen LogP contribution in [0.2, 0.25) is 0 Å². The first kappa shape index (κ1) is 8.45. The zero-order valence-corrected chi connectivity index (χ0v) is 6.54. The smallest absolute Gasteiger partial charge is 0.238 e. The van der Waals surface area contributed by atoms with E-state index in [2.05, 4.69) is 5.32 Å². The molecule has 0 aromatic heterocycles. The summed E-state index contributed by atoms with van der Waals surface area (Å²) in [6, 6.07) is -0.325. The summed E-state index contributed by atoms with van der Waals surface area (Å²) in [5, 5.41) is 4.65. The lowest BCUT2D eigenvalue weighted by molar-refractivity contribution is -0.176. The maximum absolute atomic E-state index is 10.8. The van der Waals surface area contributed by atoms with Crippen LogP contribution in [0, 0.1) is 0 Å². The van der Waals surface area contributed by atoms with Gasteiger partial charge >= 0.3 is 0 Å². The number of nitrogens with one attached hydrogen (secondary N) is 1. The van der Waals surface area contributed by atoms with Gasteiger partial charge in [0.05, 0.1) is 7.11 Å². The van der Waals surface area contributed by atoms with Gasteiger partial charge < -0.3 is 15.9 Å². The molecule has 5 heteroatoms. The minimum absolute atomic E-state index is 0.325. The largest absolute Gasteiger partial charge is 0.368 e. The highest BCUT2D eigenvalue weighted by molar-refractivity contribution is 5.80. The highest BCUT2D eigenvalue weighted by Crippen LogP contribution is 2.01. The Balaban J connectivity index is 2.51. The average Bonchev–Trinajstić information content (AvgIpc) is 2.04. The van der Waals surface area contributed by atoms with E-state index >= 15 is 0 Å². The minimum Gasteiger partial charge on any atom is -0.368 e. The molecule has 0 bridgehead atoms. The molecule has 0 aliphatic carbocycles. The Morgan fingerprint density at radius 1 is 1.82 bits per heavy atom. The van der Waals surface area contributed by atoms with E-state index in [9.17, 15) is 4.79 Å². The van der Waals surface area contributed by atoms with Crippen molar-refractivity contribution in [3.05, 3.63) is 0 Å². The van der Waals surface area contributed by atoms with E-state index in [1.165, 1.54) is 0 Å². The molecule has 1 rings (SSSR count). The molecule has 1 saturated heterocycles. The number of carbonyl (C=O) groups excluding carboxylic acids is 1. The molecule has 1 aliphatic heterocycles. The maximum atomic E-state index is 10.8. The van der Waals surface area contributed by atoms with Crippen molar-refractivity contribution in [2.45, 2.75) is 6.04 Å². The summed E-state index contributed by atoms with van der Waals surface area (Å²) >= 11 is 0. The van der Waals surface area contributed by atoms with Crippen LogP contribution >= 0.6 is 0 Å². The van der Waals surface area contributed by atoms with Gasteiger partial charge in [-0.05, 0) is 0 Å². The lowest BCUT2D eigenvalue weighted by atomic mass is 10.2. The van der Waals surface area contributed by atoms with Crippen molar-refractivity contribution in [3.8, 4) is 0 Å². The van der Waals surface area contributed by atoms with Crippen LogP contribution in [0.15, 0.2) is 0 Å². The molecule has 0 aromatic rings. The lowest BCUT2D eigenvalue weighted by Gasteiger charge is -2.31. The number of rotatable bonds is 2. The first-order valence-corrected chi connectivity index (χ1v) is 3.56. The van der Waals surface area contributed by atoms with Crippen LogP contribution < -0.4 is 11.1 Å². The van der Waals surface area contributed by atoms with Gasteiger partial charge in [0.2, 0.25) is 5.91 Å². The van der Waals surface area contributed by atoms with Gasteiger partial charge in [-0.3, -0.25) is 4.79 Å². The van der Waals surface area contributed by atoms with Gasteiger partial charge in [-0.2, -0.15) is 5.06 Å². The normalized spacial score (nSPS) is 26.8. The summed E-state index contributed by atoms with van der Waals surface area (Å²) in [7, 11) is 1.54. The number of piperazine rings is 1. The zero-order valence-electron chi connectivity index (χ0n) is 6.54. The lowest BCUT2D eigenvalue weighted by Crippen LogP contribution is -2.56. The predicted molar refractivity (Wildman–Crippen MR) is 39.6 cm³/mol. The molecule has 1 unspecified atom stereocenters. The first-order valence-electron chi connectivity index (χ1n) is 3.56. The Morgan fingerprint density at radius 2 is 2.55 bits per heavy atom. The van der Waals surface area contributed by atoms with Crippen LogP contribution in [-0.2, 0) is 9.63 Å². The van der Waals surface area contributed by atoms with Crippen LogP contribution in [0.3, 0.4) is 0 Å². The van der Waals surface area contributed by atoms with Gasteiger partial charge in [0.15, 0.2) is 0 Å². The molecule has 1 atom stereocenters. The first-order chi connectivity index (χ1) is 5.25. The fraction of sp³-hybridized carbons (Fsp3) is 0.833. The molecule has 1 fully saturated rings. The van der Waals surface area contributed by atoms with Gasteiger partial charge in [0, 0.05) is 19.6 Å². The molecule has 1 heterocycles. The van der Waals surface area contributed by atoms with Crippen LogP contribution in [0.25, 0.3) is 0 Å². The van der Waals surface area contributed by atoms with E-state index in [1.807, 2.05) is 0 Å². The van der Waals surface area contributed by atoms with Crippen molar-refractivity contribution < 1.29 is 9.63 Å². The minimum atomic E-state index is -0.348.